The Bertz CT molecular complexity index is 631. The van der Waals surface area contributed by atoms with Crippen LogP contribution in [0.2, 0.25) is 0 Å². The third-order valence-corrected chi connectivity index (χ3v) is 2.56. The van der Waals surface area contributed by atoms with Crippen LogP contribution >= 0.6 is 0 Å². The van der Waals surface area contributed by atoms with Crippen LogP contribution in [-0.4, -0.2) is 4.98 Å². The number of halogens is 1. The lowest BCUT2D eigenvalue weighted by Gasteiger charge is -2.10. The predicted octanol–water partition coefficient (Wildman–Crippen LogP) is 2.73. The highest BCUT2D eigenvalue weighted by Gasteiger charge is 2.07. The topological polar surface area (TPSA) is 74.7 Å². The van der Waals surface area contributed by atoms with Crippen molar-refractivity contribution in [2.24, 2.45) is 0 Å². The van der Waals surface area contributed by atoms with E-state index in [0.29, 0.717) is 11.5 Å². The molecule has 0 atom stereocenters. The van der Waals surface area contributed by atoms with Crippen molar-refractivity contribution in [1.82, 2.24) is 4.98 Å². The van der Waals surface area contributed by atoms with Crippen LogP contribution in [0.25, 0.3) is 0 Å². The molecule has 1 heterocycles. The first-order chi connectivity index (χ1) is 8.61. The zero-order valence-electron chi connectivity index (χ0n) is 9.74. The number of rotatable bonds is 2. The molecule has 0 spiro atoms. The highest BCUT2D eigenvalue weighted by atomic mass is 19.1. The van der Waals surface area contributed by atoms with E-state index in [1.165, 1.54) is 12.1 Å². The Morgan fingerprint density at radius 3 is 2.83 bits per heavy atom. The van der Waals surface area contributed by atoms with Gasteiger partial charge in [-0.3, -0.25) is 0 Å². The van der Waals surface area contributed by atoms with Gasteiger partial charge in [0.25, 0.3) is 0 Å². The molecule has 0 saturated heterocycles. The maximum absolute atomic E-state index is 13.7. The number of benzene rings is 1. The number of hydrogen-bond donors (Lipinski definition) is 2. The van der Waals surface area contributed by atoms with Gasteiger partial charge in [0.15, 0.2) is 5.82 Å². The zero-order chi connectivity index (χ0) is 13.1. The quantitative estimate of drug-likeness (QED) is 0.849. The molecule has 18 heavy (non-hydrogen) atoms. The lowest BCUT2D eigenvalue weighted by Crippen LogP contribution is -2.02. The summed E-state index contributed by atoms with van der Waals surface area (Å²) >= 11 is 0. The SMILES string of the molecule is Cc1ccnc(Nc2ccc(C#N)cc2F)c1N. The highest BCUT2D eigenvalue weighted by Crippen LogP contribution is 2.25. The second-order valence-electron chi connectivity index (χ2n) is 3.82. The van der Waals surface area contributed by atoms with Crippen molar-refractivity contribution in [3.05, 3.63) is 47.4 Å². The van der Waals surface area contributed by atoms with Crippen molar-refractivity contribution in [2.75, 3.05) is 11.1 Å². The lowest BCUT2D eigenvalue weighted by molar-refractivity contribution is 0.631. The largest absolute Gasteiger partial charge is 0.396 e. The average Bonchev–Trinajstić information content (AvgIpc) is 2.37. The molecule has 1 aromatic heterocycles. The Labute approximate surface area is 104 Å². The number of nitrogens with one attached hydrogen (secondary N) is 1. The van der Waals surface area contributed by atoms with Gasteiger partial charge in [0, 0.05) is 6.20 Å². The van der Waals surface area contributed by atoms with E-state index in [2.05, 4.69) is 10.3 Å². The number of aryl methyl sites for hydroxylation is 1. The third kappa shape index (κ3) is 2.23. The Balaban J connectivity index is 2.35. The van der Waals surface area contributed by atoms with E-state index in [0.717, 1.165) is 11.6 Å². The first kappa shape index (κ1) is 11.9. The van der Waals surface area contributed by atoms with E-state index in [9.17, 15) is 4.39 Å². The normalized spacial score (nSPS) is 9.83. The van der Waals surface area contributed by atoms with Crippen LogP contribution in [0.15, 0.2) is 30.5 Å². The smallest absolute Gasteiger partial charge is 0.153 e. The molecule has 2 rings (SSSR count). The Hall–Kier alpha value is -2.61. The molecule has 0 bridgehead atoms. The minimum atomic E-state index is -0.517. The first-order valence-electron chi connectivity index (χ1n) is 5.29. The van der Waals surface area contributed by atoms with Crippen molar-refractivity contribution < 1.29 is 4.39 Å². The van der Waals surface area contributed by atoms with E-state index in [1.807, 2.05) is 13.0 Å². The van der Waals surface area contributed by atoms with Gasteiger partial charge in [0.1, 0.15) is 5.82 Å². The van der Waals surface area contributed by atoms with Crippen LogP contribution in [-0.2, 0) is 0 Å². The molecule has 0 aliphatic heterocycles. The predicted molar refractivity (Wildman–Crippen MR) is 67.8 cm³/mol. The van der Waals surface area contributed by atoms with Crippen molar-refractivity contribution in [3.63, 3.8) is 0 Å². The fourth-order valence-corrected chi connectivity index (χ4v) is 1.48. The number of hydrogen-bond acceptors (Lipinski definition) is 4. The number of pyridine rings is 1. The minimum absolute atomic E-state index is 0.235. The number of nitriles is 1. The fourth-order valence-electron chi connectivity index (χ4n) is 1.48. The molecule has 4 nitrogen and oxygen atoms in total. The maximum atomic E-state index is 13.7. The number of aromatic nitrogens is 1. The van der Waals surface area contributed by atoms with E-state index in [4.69, 9.17) is 11.0 Å². The lowest BCUT2D eigenvalue weighted by atomic mass is 10.2. The summed E-state index contributed by atoms with van der Waals surface area (Å²) in [6.45, 7) is 1.84. The molecule has 90 valence electrons. The van der Waals surface area contributed by atoms with Gasteiger partial charge < -0.3 is 11.1 Å². The minimum Gasteiger partial charge on any atom is -0.396 e. The van der Waals surface area contributed by atoms with Crippen LogP contribution < -0.4 is 11.1 Å². The molecule has 2 aromatic rings. The van der Waals surface area contributed by atoms with E-state index >= 15 is 0 Å². The average molecular weight is 242 g/mol. The second kappa shape index (κ2) is 4.72. The molecule has 0 saturated carbocycles. The van der Waals surface area contributed by atoms with Crippen molar-refractivity contribution in [3.8, 4) is 6.07 Å². The van der Waals surface area contributed by atoms with Crippen molar-refractivity contribution in [1.29, 1.82) is 5.26 Å². The Kier molecular flexibility index (Phi) is 3.11. The summed E-state index contributed by atoms with van der Waals surface area (Å²) in [5.41, 5.74) is 7.67. The number of anilines is 3. The van der Waals surface area contributed by atoms with Crippen LogP contribution in [0.1, 0.15) is 11.1 Å². The van der Waals surface area contributed by atoms with Gasteiger partial charge in [-0.25, -0.2) is 9.37 Å². The second-order valence-corrected chi connectivity index (χ2v) is 3.82. The fraction of sp³-hybridized carbons (Fsp3) is 0.0769. The van der Waals surface area contributed by atoms with E-state index in [-0.39, 0.29) is 11.3 Å². The zero-order valence-corrected chi connectivity index (χ0v) is 9.74. The van der Waals surface area contributed by atoms with Crippen LogP contribution in [0, 0.1) is 24.1 Å². The third-order valence-electron chi connectivity index (χ3n) is 2.56. The van der Waals surface area contributed by atoms with E-state index < -0.39 is 5.82 Å². The van der Waals surface area contributed by atoms with Gasteiger partial charge in [-0.15, -0.1) is 0 Å². The summed E-state index contributed by atoms with van der Waals surface area (Å²) in [6.07, 6.45) is 1.59. The van der Waals surface area contributed by atoms with Crippen LogP contribution in [0.5, 0.6) is 0 Å². The molecule has 0 aliphatic rings. The molecule has 0 fully saturated rings. The first-order valence-corrected chi connectivity index (χ1v) is 5.29. The van der Waals surface area contributed by atoms with Crippen LogP contribution in [0.4, 0.5) is 21.6 Å². The van der Waals surface area contributed by atoms with Gasteiger partial charge in [-0.05, 0) is 36.8 Å². The van der Waals surface area contributed by atoms with Crippen LogP contribution in [0.3, 0.4) is 0 Å². The molecular weight excluding hydrogens is 231 g/mol. The summed E-state index contributed by atoms with van der Waals surface area (Å²) in [5, 5.41) is 11.5. The van der Waals surface area contributed by atoms with Gasteiger partial charge in [-0.1, -0.05) is 0 Å². The molecular formula is C13H11FN4. The molecule has 0 aliphatic carbocycles. The van der Waals surface area contributed by atoms with Crippen molar-refractivity contribution in [2.45, 2.75) is 6.92 Å². The molecule has 1 aromatic carbocycles. The van der Waals surface area contributed by atoms with Gasteiger partial charge >= 0.3 is 0 Å². The van der Waals surface area contributed by atoms with E-state index in [1.54, 1.807) is 12.3 Å². The molecule has 3 N–H and O–H groups in total. The molecule has 5 heteroatoms. The van der Waals surface area contributed by atoms with Gasteiger partial charge in [-0.2, -0.15) is 5.26 Å². The standard InChI is InChI=1S/C13H11FN4/c1-8-4-5-17-13(12(8)16)18-11-3-2-9(7-15)6-10(11)14/h2-6H,16H2,1H3,(H,17,18). The Morgan fingerprint density at radius 2 is 2.17 bits per heavy atom. The highest BCUT2D eigenvalue weighted by molar-refractivity contribution is 5.71. The summed E-state index contributed by atoms with van der Waals surface area (Å²) < 4.78 is 13.7. The number of nitrogen functional groups attached to an aromatic ring is 1. The van der Waals surface area contributed by atoms with Crippen molar-refractivity contribution >= 4 is 17.2 Å². The number of nitrogens with zero attached hydrogens (tertiary/aromatic N) is 2. The summed E-state index contributed by atoms with van der Waals surface area (Å²) in [7, 11) is 0. The molecule has 0 unspecified atom stereocenters. The van der Waals surface area contributed by atoms with Gasteiger partial charge in [0.05, 0.1) is 23.0 Å². The summed E-state index contributed by atoms with van der Waals surface area (Å²) in [4.78, 5) is 4.05. The van der Waals surface area contributed by atoms with Gasteiger partial charge in [0.2, 0.25) is 0 Å². The summed E-state index contributed by atoms with van der Waals surface area (Å²) in [6, 6.07) is 7.81. The monoisotopic (exact) mass is 242 g/mol. The summed E-state index contributed by atoms with van der Waals surface area (Å²) in [5.74, 6) is -0.115. The molecule has 0 amide bonds. The number of nitrogens with two attached hydrogens (primary N) is 1. The molecule has 0 radical (unpaired) electrons. The maximum Gasteiger partial charge on any atom is 0.153 e. The Morgan fingerprint density at radius 1 is 1.39 bits per heavy atom.